The van der Waals surface area contributed by atoms with E-state index < -0.39 is 0 Å². The minimum Gasteiger partial charge on any atom is -0.486 e. The maximum Gasteiger partial charge on any atom is 0.230 e. The average molecular weight is 425 g/mol. The molecular weight excluding hydrogens is 400 g/mol. The first kappa shape index (κ1) is 20.3. The third-order valence-corrected chi connectivity index (χ3v) is 5.73. The summed E-state index contributed by atoms with van der Waals surface area (Å²) in [5.41, 5.74) is 3.22. The number of thioether (sulfide) groups is 1. The zero-order valence-electron chi connectivity index (χ0n) is 17.0. The molecule has 1 aliphatic rings. The molecule has 0 atom stereocenters. The molecule has 1 amide bonds. The lowest BCUT2D eigenvalue weighted by Gasteiger charge is -2.18. The number of nitrogens with one attached hydrogen (secondary N) is 1. The van der Waals surface area contributed by atoms with Gasteiger partial charge in [-0.1, -0.05) is 43.8 Å². The van der Waals surface area contributed by atoms with Crippen LogP contribution in [0.2, 0.25) is 0 Å². The number of carbonyl (C=O) groups is 1. The zero-order valence-corrected chi connectivity index (χ0v) is 17.8. The highest BCUT2D eigenvalue weighted by Gasteiger charge is 2.13. The van der Waals surface area contributed by atoms with E-state index in [2.05, 4.69) is 41.5 Å². The van der Waals surface area contributed by atoms with Crippen molar-refractivity contribution in [3.8, 4) is 17.2 Å². The highest BCUT2D eigenvalue weighted by Crippen LogP contribution is 2.30. The van der Waals surface area contributed by atoms with Crippen LogP contribution in [-0.2, 0) is 11.3 Å². The highest BCUT2D eigenvalue weighted by atomic mass is 32.2. The number of rotatable bonds is 7. The first-order chi connectivity index (χ1) is 14.6. The van der Waals surface area contributed by atoms with Crippen molar-refractivity contribution in [1.82, 2.24) is 20.1 Å². The maximum atomic E-state index is 12.3. The monoisotopic (exact) mass is 424 g/mol. The molecule has 4 rings (SSSR count). The van der Waals surface area contributed by atoms with Crippen LogP contribution in [0.25, 0.3) is 5.69 Å². The van der Waals surface area contributed by atoms with Crippen molar-refractivity contribution in [1.29, 1.82) is 0 Å². The van der Waals surface area contributed by atoms with Gasteiger partial charge in [-0.15, -0.1) is 10.2 Å². The van der Waals surface area contributed by atoms with E-state index in [1.54, 1.807) is 6.33 Å². The fourth-order valence-electron chi connectivity index (χ4n) is 3.10. The second kappa shape index (κ2) is 9.21. The Morgan fingerprint density at radius 2 is 1.90 bits per heavy atom. The topological polar surface area (TPSA) is 78.3 Å². The van der Waals surface area contributed by atoms with Gasteiger partial charge in [0.25, 0.3) is 0 Å². The Bertz CT molecular complexity index is 1020. The molecule has 3 aromatic rings. The minimum atomic E-state index is -0.0698. The Morgan fingerprint density at radius 1 is 1.13 bits per heavy atom. The molecule has 7 nitrogen and oxygen atoms in total. The molecular formula is C22H24N4O3S. The van der Waals surface area contributed by atoms with Gasteiger partial charge in [-0.2, -0.15) is 0 Å². The van der Waals surface area contributed by atoms with Crippen LogP contribution in [0.3, 0.4) is 0 Å². The van der Waals surface area contributed by atoms with Crippen molar-refractivity contribution in [3.05, 3.63) is 59.9 Å². The quantitative estimate of drug-likeness (QED) is 0.584. The van der Waals surface area contributed by atoms with Gasteiger partial charge >= 0.3 is 0 Å². The molecule has 0 unspecified atom stereocenters. The predicted octanol–water partition coefficient (Wildman–Crippen LogP) is 3.57. The van der Waals surface area contributed by atoms with E-state index in [1.165, 1.54) is 17.3 Å². The van der Waals surface area contributed by atoms with Crippen molar-refractivity contribution in [3.63, 3.8) is 0 Å². The molecule has 2 heterocycles. The van der Waals surface area contributed by atoms with Crippen molar-refractivity contribution >= 4 is 17.7 Å². The number of fused-ring (bicyclic) bond motifs is 1. The molecule has 1 aromatic heterocycles. The predicted molar refractivity (Wildman–Crippen MR) is 115 cm³/mol. The minimum absolute atomic E-state index is 0.0698. The number of hydrogen-bond acceptors (Lipinski definition) is 6. The number of benzene rings is 2. The number of hydrogen-bond donors (Lipinski definition) is 1. The Labute approximate surface area is 179 Å². The fourth-order valence-corrected chi connectivity index (χ4v) is 3.86. The Hall–Kier alpha value is -3.00. The molecule has 0 radical (unpaired) electrons. The molecule has 0 bridgehead atoms. The smallest absolute Gasteiger partial charge is 0.230 e. The SMILES string of the molecule is CC(C)c1ccc(-n2cnnc2SCC(=O)NCc2ccc3c(c2)OCCO3)cc1. The molecule has 30 heavy (non-hydrogen) atoms. The summed E-state index contributed by atoms with van der Waals surface area (Å²) >= 11 is 1.36. The second-order valence-corrected chi connectivity index (χ2v) is 8.22. The lowest BCUT2D eigenvalue weighted by Crippen LogP contribution is -2.25. The van der Waals surface area contributed by atoms with Gasteiger partial charge in [-0.3, -0.25) is 9.36 Å². The summed E-state index contributed by atoms with van der Waals surface area (Å²) < 4.78 is 13.0. The third-order valence-electron chi connectivity index (χ3n) is 4.78. The van der Waals surface area contributed by atoms with E-state index in [0.717, 1.165) is 22.7 Å². The van der Waals surface area contributed by atoms with Crippen molar-refractivity contribution in [2.75, 3.05) is 19.0 Å². The Balaban J connectivity index is 1.32. The maximum absolute atomic E-state index is 12.3. The summed E-state index contributed by atoms with van der Waals surface area (Å²) in [6.07, 6.45) is 1.67. The summed E-state index contributed by atoms with van der Waals surface area (Å²) in [5, 5.41) is 11.8. The van der Waals surface area contributed by atoms with Gasteiger partial charge in [-0.05, 0) is 41.3 Å². The summed E-state index contributed by atoms with van der Waals surface area (Å²) in [5.74, 6) is 2.13. The second-order valence-electron chi connectivity index (χ2n) is 7.27. The van der Waals surface area contributed by atoms with Gasteiger partial charge in [0.2, 0.25) is 5.91 Å². The van der Waals surface area contributed by atoms with Crippen molar-refractivity contribution in [2.24, 2.45) is 0 Å². The van der Waals surface area contributed by atoms with Gasteiger partial charge in [0, 0.05) is 12.2 Å². The molecule has 0 fully saturated rings. The number of nitrogens with zero attached hydrogens (tertiary/aromatic N) is 3. The first-order valence-corrected chi connectivity index (χ1v) is 10.9. The van der Waals surface area contributed by atoms with E-state index in [-0.39, 0.29) is 11.7 Å². The van der Waals surface area contributed by atoms with Crippen LogP contribution in [0.15, 0.2) is 53.9 Å². The third kappa shape index (κ3) is 4.76. The molecule has 8 heteroatoms. The normalized spacial score (nSPS) is 12.8. The Morgan fingerprint density at radius 3 is 2.67 bits per heavy atom. The van der Waals surface area contributed by atoms with Crippen molar-refractivity contribution < 1.29 is 14.3 Å². The van der Waals surface area contributed by atoms with E-state index in [4.69, 9.17) is 9.47 Å². The number of amides is 1. The van der Waals surface area contributed by atoms with Crippen LogP contribution in [0.1, 0.15) is 30.9 Å². The van der Waals surface area contributed by atoms with Gasteiger partial charge < -0.3 is 14.8 Å². The van der Waals surface area contributed by atoms with Crippen LogP contribution in [0, 0.1) is 0 Å². The Kier molecular flexibility index (Phi) is 6.23. The molecule has 156 valence electrons. The highest BCUT2D eigenvalue weighted by molar-refractivity contribution is 7.99. The number of carbonyl (C=O) groups excluding carboxylic acids is 1. The lowest BCUT2D eigenvalue weighted by molar-refractivity contribution is -0.118. The fraction of sp³-hybridized carbons (Fsp3) is 0.318. The van der Waals surface area contributed by atoms with E-state index in [9.17, 15) is 4.79 Å². The summed E-state index contributed by atoms with van der Waals surface area (Å²) in [4.78, 5) is 12.3. The van der Waals surface area contributed by atoms with Crippen LogP contribution in [0.5, 0.6) is 11.5 Å². The molecule has 0 aliphatic carbocycles. The van der Waals surface area contributed by atoms with Gasteiger partial charge in [0.15, 0.2) is 16.7 Å². The van der Waals surface area contributed by atoms with Crippen LogP contribution in [0.4, 0.5) is 0 Å². The first-order valence-electron chi connectivity index (χ1n) is 9.88. The van der Waals surface area contributed by atoms with Gasteiger partial charge in [-0.25, -0.2) is 0 Å². The van der Waals surface area contributed by atoms with Crippen LogP contribution >= 0.6 is 11.8 Å². The van der Waals surface area contributed by atoms with Crippen LogP contribution in [-0.4, -0.2) is 39.6 Å². The summed E-state index contributed by atoms with van der Waals surface area (Å²) in [6.45, 7) is 5.86. The lowest BCUT2D eigenvalue weighted by atomic mass is 10.0. The average Bonchev–Trinajstić information content (AvgIpc) is 3.25. The number of ether oxygens (including phenoxy) is 2. The molecule has 1 N–H and O–H groups in total. The van der Waals surface area contributed by atoms with E-state index in [0.29, 0.717) is 30.8 Å². The molecule has 1 aliphatic heterocycles. The summed E-state index contributed by atoms with van der Waals surface area (Å²) in [6, 6.07) is 14.0. The van der Waals surface area contributed by atoms with Crippen LogP contribution < -0.4 is 14.8 Å². The van der Waals surface area contributed by atoms with Gasteiger partial charge in [0.1, 0.15) is 19.5 Å². The standard InChI is InChI=1S/C22H24N4O3S/c1-15(2)17-4-6-18(7-5-17)26-14-24-25-22(26)30-13-21(27)23-12-16-3-8-19-20(11-16)29-10-9-28-19/h3-8,11,14-15H,9-10,12-13H2,1-2H3,(H,23,27). The van der Waals surface area contributed by atoms with E-state index in [1.807, 2.05) is 34.9 Å². The zero-order chi connectivity index (χ0) is 20.9. The summed E-state index contributed by atoms with van der Waals surface area (Å²) in [7, 11) is 0. The molecule has 0 saturated carbocycles. The largest absolute Gasteiger partial charge is 0.486 e. The molecule has 0 spiro atoms. The van der Waals surface area contributed by atoms with Crippen molar-refractivity contribution in [2.45, 2.75) is 31.5 Å². The van der Waals surface area contributed by atoms with Gasteiger partial charge in [0.05, 0.1) is 5.75 Å². The molecule has 0 saturated heterocycles. The number of aromatic nitrogens is 3. The van der Waals surface area contributed by atoms with E-state index >= 15 is 0 Å². The molecule has 2 aromatic carbocycles.